The summed E-state index contributed by atoms with van der Waals surface area (Å²) in [5.41, 5.74) is -0.796. The van der Waals surface area contributed by atoms with E-state index >= 15 is 0 Å². The molecule has 0 aliphatic carbocycles. The van der Waals surface area contributed by atoms with E-state index in [1.54, 1.807) is 24.3 Å². The zero-order valence-electron chi connectivity index (χ0n) is 24.0. The standard InChI is InChI=1S/C28H30ClN7O9/c1-3-27(41)18(44-14-28(27,42)36-15-32-19-20(30)33-24(29)34-21(19)36)13-45-26(22(37)38,23(39)43-4-2)12-16-6-8-17(9-7-16)35-11-5-10-31-25(35)40/h1,6-9,15,18,41-42H,4-5,10-14H2,2H3,(H,31,40)(H,37,38)(H2,30,33,34)/t18-,26-,27-,28-/m1/s1. The van der Waals surface area contributed by atoms with Crippen molar-refractivity contribution in [1.29, 1.82) is 0 Å². The lowest BCUT2D eigenvalue weighted by atomic mass is 9.88. The number of carboxylic acid groups (broad SMARTS) is 1. The number of carboxylic acids is 1. The number of carbonyl (C=O) groups is 3. The fourth-order valence-corrected chi connectivity index (χ4v) is 5.50. The van der Waals surface area contributed by atoms with Gasteiger partial charge in [-0.1, -0.05) is 18.1 Å². The number of rotatable bonds is 10. The van der Waals surface area contributed by atoms with Crippen LogP contribution in [0.4, 0.5) is 16.3 Å². The summed E-state index contributed by atoms with van der Waals surface area (Å²) in [6.45, 7) is 1.01. The SMILES string of the molecule is C#C[C@@]1(O)[C@@H](CO[C@](Cc2ccc(N3CCCNC3=O)cc2)(C(=O)O)C(=O)OCC)OC[C@]1(O)n1cnc2c(N)nc(Cl)nc21. The Labute approximate surface area is 261 Å². The lowest BCUT2D eigenvalue weighted by molar-refractivity contribution is -0.196. The molecule has 2 amide bonds. The summed E-state index contributed by atoms with van der Waals surface area (Å²) in [5.74, 6) is -0.868. The molecular formula is C28H30ClN7O9. The number of ether oxygens (including phenoxy) is 3. The van der Waals surface area contributed by atoms with Crippen molar-refractivity contribution >= 4 is 52.2 Å². The largest absolute Gasteiger partial charge is 0.479 e. The van der Waals surface area contributed by atoms with Crippen LogP contribution in [0.1, 0.15) is 18.9 Å². The molecule has 0 bridgehead atoms. The third kappa shape index (κ3) is 5.38. The number of benzene rings is 1. The van der Waals surface area contributed by atoms with E-state index in [9.17, 15) is 29.7 Å². The van der Waals surface area contributed by atoms with Crippen LogP contribution in [0, 0.1) is 12.3 Å². The number of nitrogens with one attached hydrogen (secondary N) is 1. The average molecular weight is 644 g/mol. The van der Waals surface area contributed by atoms with Gasteiger partial charge in [-0.3, -0.25) is 9.47 Å². The Balaban J connectivity index is 1.43. The number of nitrogen functional groups attached to an aromatic ring is 1. The Morgan fingerprint density at radius 3 is 2.69 bits per heavy atom. The molecule has 4 heterocycles. The summed E-state index contributed by atoms with van der Waals surface area (Å²) in [7, 11) is 0. The number of fused-ring (bicyclic) bond motifs is 1. The van der Waals surface area contributed by atoms with Gasteiger partial charge in [-0.25, -0.2) is 19.4 Å². The van der Waals surface area contributed by atoms with Crippen molar-refractivity contribution in [2.45, 2.75) is 42.8 Å². The van der Waals surface area contributed by atoms with Crippen molar-refractivity contribution in [2.24, 2.45) is 0 Å². The number of hydrogen-bond donors (Lipinski definition) is 5. The molecule has 2 aliphatic rings. The number of aliphatic hydroxyl groups is 2. The van der Waals surface area contributed by atoms with Crippen LogP contribution in [0.25, 0.3) is 11.2 Å². The molecule has 2 saturated heterocycles. The molecule has 2 aliphatic heterocycles. The lowest BCUT2D eigenvalue weighted by Crippen LogP contribution is -2.59. The van der Waals surface area contributed by atoms with Crippen molar-refractivity contribution in [1.82, 2.24) is 24.8 Å². The van der Waals surface area contributed by atoms with Crippen LogP contribution >= 0.6 is 11.6 Å². The molecule has 1 aromatic carbocycles. The average Bonchev–Trinajstić information content (AvgIpc) is 3.55. The Morgan fingerprint density at radius 1 is 1.31 bits per heavy atom. The number of terminal acetylenes is 1. The fraction of sp³-hybridized carbons (Fsp3) is 0.429. The van der Waals surface area contributed by atoms with E-state index < -0.39 is 54.6 Å². The minimum absolute atomic E-state index is 0.0611. The highest BCUT2D eigenvalue weighted by Gasteiger charge is 2.63. The fourth-order valence-electron chi connectivity index (χ4n) is 5.33. The number of aromatic nitrogens is 4. The third-order valence-corrected chi connectivity index (χ3v) is 7.96. The smallest absolute Gasteiger partial charge is 0.350 e. The number of carbonyl (C=O) groups excluding carboxylic acids is 2. The topological polar surface area (TPSA) is 224 Å². The Kier molecular flexibility index (Phi) is 8.58. The molecule has 0 unspecified atom stereocenters. The van der Waals surface area contributed by atoms with Crippen LogP contribution in [0.3, 0.4) is 0 Å². The maximum absolute atomic E-state index is 13.2. The molecule has 5 rings (SSSR count). The van der Waals surface area contributed by atoms with Crippen LogP contribution in [0.15, 0.2) is 30.6 Å². The molecule has 0 spiro atoms. The van der Waals surface area contributed by atoms with Gasteiger partial charge in [-0.15, -0.1) is 6.42 Å². The van der Waals surface area contributed by atoms with Gasteiger partial charge in [0.15, 0.2) is 11.5 Å². The first-order valence-corrected chi connectivity index (χ1v) is 14.2. The van der Waals surface area contributed by atoms with E-state index in [2.05, 4.69) is 26.2 Å². The van der Waals surface area contributed by atoms with Crippen molar-refractivity contribution in [3.05, 3.63) is 41.4 Å². The van der Waals surface area contributed by atoms with Gasteiger partial charge >= 0.3 is 18.0 Å². The van der Waals surface area contributed by atoms with Gasteiger partial charge in [0.1, 0.15) is 11.6 Å². The monoisotopic (exact) mass is 643 g/mol. The van der Waals surface area contributed by atoms with E-state index in [0.717, 1.165) is 17.3 Å². The number of amides is 2. The number of esters is 1. The van der Waals surface area contributed by atoms with E-state index in [-0.39, 0.29) is 34.9 Å². The highest BCUT2D eigenvalue weighted by molar-refractivity contribution is 6.28. The van der Waals surface area contributed by atoms with E-state index in [4.69, 9.17) is 38.0 Å². The van der Waals surface area contributed by atoms with Gasteiger partial charge in [0.25, 0.3) is 5.60 Å². The van der Waals surface area contributed by atoms with Crippen LogP contribution in [0.2, 0.25) is 5.28 Å². The minimum Gasteiger partial charge on any atom is -0.479 e. The molecule has 0 saturated carbocycles. The second-order valence-corrected chi connectivity index (χ2v) is 10.8. The van der Waals surface area contributed by atoms with E-state index in [0.29, 0.717) is 24.3 Å². The number of halogens is 1. The molecule has 16 nitrogen and oxygen atoms in total. The second-order valence-electron chi connectivity index (χ2n) is 10.4. The Bertz CT molecular complexity index is 1680. The number of hydrogen-bond acceptors (Lipinski definition) is 12. The van der Waals surface area contributed by atoms with Crippen LogP contribution in [-0.2, 0) is 35.9 Å². The molecule has 17 heteroatoms. The highest BCUT2D eigenvalue weighted by Crippen LogP contribution is 2.41. The molecule has 238 valence electrons. The Hall–Kier alpha value is -4.53. The molecule has 4 atom stereocenters. The third-order valence-electron chi connectivity index (χ3n) is 7.79. The molecule has 6 N–H and O–H groups in total. The van der Waals surface area contributed by atoms with Crippen molar-refractivity contribution in [3.63, 3.8) is 0 Å². The zero-order chi connectivity index (χ0) is 32.6. The van der Waals surface area contributed by atoms with Gasteiger partial charge in [-0.2, -0.15) is 9.97 Å². The van der Waals surface area contributed by atoms with Crippen molar-refractivity contribution in [3.8, 4) is 12.3 Å². The highest BCUT2D eigenvalue weighted by atomic mass is 35.5. The van der Waals surface area contributed by atoms with Crippen molar-refractivity contribution in [2.75, 3.05) is 43.5 Å². The minimum atomic E-state index is -2.61. The molecule has 0 radical (unpaired) electrons. The first-order valence-electron chi connectivity index (χ1n) is 13.8. The van der Waals surface area contributed by atoms with Gasteiger partial charge in [0, 0.05) is 25.2 Å². The van der Waals surface area contributed by atoms with Gasteiger partial charge in [0.05, 0.1) is 26.1 Å². The van der Waals surface area contributed by atoms with Crippen LogP contribution < -0.4 is 16.0 Å². The summed E-state index contributed by atoms with van der Waals surface area (Å²) < 4.78 is 17.5. The second kappa shape index (κ2) is 12.1. The quantitative estimate of drug-likeness (QED) is 0.0852. The predicted octanol–water partition coefficient (Wildman–Crippen LogP) is 0.0356. The molecule has 3 aromatic rings. The summed E-state index contributed by atoms with van der Waals surface area (Å²) in [5, 5.41) is 36.2. The van der Waals surface area contributed by atoms with Gasteiger partial charge < -0.3 is 40.6 Å². The molecule has 45 heavy (non-hydrogen) atoms. The summed E-state index contributed by atoms with van der Waals surface area (Å²) in [4.78, 5) is 51.6. The Morgan fingerprint density at radius 2 is 2.04 bits per heavy atom. The zero-order valence-corrected chi connectivity index (χ0v) is 24.7. The normalized spacial score (nSPS) is 24.6. The summed E-state index contributed by atoms with van der Waals surface area (Å²) in [6, 6.07) is 6.09. The number of urea groups is 1. The van der Waals surface area contributed by atoms with E-state index in [1.807, 2.05) is 0 Å². The first kappa shape index (κ1) is 31.9. The van der Waals surface area contributed by atoms with Crippen molar-refractivity contribution < 1.29 is 43.9 Å². The van der Waals surface area contributed by atoms with Gasteiger partial charge in [0.2, 0.25) is 16.6 Å². The lowest BCUT2D eigenvalue weighted by Gasteiger charge is -2.36. The number of aliphatic carboxylic acids is 1. The number of nitrogens with two attached hydrogens (primary N) is 1. The summed E-state index contributed by atoms with van der Waals surface area (Å²) >= 11 is 5.95. The first-order chi connectivity index (χ1) is 21.4. The van der Waals surface area contributed by atoms with E-state index in [1.165, 1.54) is 11.8 Å². The number of imidazole rings is 1. The summed E-state index contributed by atoms with van der Waals surface area (Å²) in [6.07, 6.45) is 5.50. The van der Waals surface area contributed by atoms with Crippen LogP contribution in [0.5, 0.6) is 0 Å². The van der Waals surface area contributed by atoms with Gasteiger partial charge in [-0.05, 0) is 42.6 Å². The number of anilines is 2. The number of nitrogens with zero attached hydrogens (tertiary/aromatic N) is 5. The molecular weight excluding hydrogens is 614 g/mol. The predicted molar refractivity (Wildman–Crippen MR) is 157 cm³/mol. The van der Waals surface area contributed by atoms with Crippen LogP contribution in [-0.4, -0.2) is 103 Å². The molecule has 2 fully saturated rings. The maximum atomic E-state index is 13.2. The maximum Gasteiger partial charge on any atom is 0.350 e. The molecule has 2 aromatic heterocycles.